The first kappa shape index (κ1) is 15.9. The third-order valence-electron chi connectivity index (χ3n) is 3.04. The molecule has 1 unspecified atom stereocenters. The number of hydrogen-bond donors (Lipinski definition) is 0. The minimum Gasteiger partial charge on any atom is -0.493 e. The van der Waals surface area contributed by atoms with E-state index >= 15 is 0 Å². The highest BCUT2D eigenvalue weighted by atomic mass is 79.9. The monoisotopic (exact) mass is 416 g/mol. The molecule has 0 heterocycles. The zero-order chi connectivity index (χ0) is 14.7. The van der Waals surface area contributed by atoms with Crippen LogP contribution in [0.15, 0.2) is 40.9 Å². The summed E-state index contributed by atoms with van der Waals surface area (Å²) < 4.78 is 6.49. The average Bonchev–Trinajstić information content (AvgIpc) is 2.43. The zero-order valence-corrected chi connectivity index (χ0v) is 15.2. The summed E-state index contributed by atoms with van der Waals surface area (Å²) in [5, 5.41) is 0.789. The number of benzene rings is 2. The van der Waals surface area contributed by atoms with Crippen LogP contribution in [0.1, 0.15) is 28.4 Å². The smallest absolute Gasteiger partial charge is 0.133 e. The van der Waals surface area contributed by atoms with Crippen molar-refractivity contribution in [2.45, 2.75) is 18.7 Å². The Bertz CT molecular complexity index is 613. The number of aryl methyl sites for hydroxylation is 1. The predicted molar refractivity (Wildman–Crippen MR) is 92.3 cm³/mol. The molecule has 0 bridgehead atoms. The molecule has 106 valence electrons. The van der Waals surface area contributed by atoms with Gasteiger partial charge in [0.05, 0.1) is 15.9 Å². The SMILES string of the molecule is CCOc1ccc(C(Br)c2ccc(C)c(Cl)c2)cc1Br. The van der Waals surface area contributed by atoms with Crippen LogP contribution in [-0.2, 0) is 0 Å². The molecule has 0 radical (unpaired) electrons. The number of halogens is 3. The topological polar surface area (TPSA) is 9.23 Å². The van der Waals surface area contributed by atoms with Gasteiger partial charge in [-0.25, -0.2) is 0 Å². The Morgan fingerprint density at radius 3 is 2.40 bits per heavy atom. The van der Waals surface area contributed by atoms with Crippen molar-refractivity contribution in [2.24, 2.45) is 0 Å². The fourth-order valence-corrected chi connectivity index (χ4v) is 3.18. The first-order valence-electron chi connectivity index (χ1n) is 6.35. The Morgan fingerprint density at radius 2 is 1.80 bits per heavy atom. The maximum atomic E-state index is 6.19. The highest BCUT2D eigenvalue weighted by molar-refractivity contribution is 9.10. The summed E-state index contributed by atoms with van der Waals surface area (Å²) in [7, 11) is 0. The summed E-state index contributed by atoms with van der Waals surface area (Å²) in [6.45, 7) is 4.63. The van der Waals surface area contributed by atoms with E-state index in [0.717, 1.165) is 31.9 Å². The second-order valence-electron chi connectivity index (χ2n) is 4.49. The van der Waals surface area contributed by atoms with Gasteiger partial charge in [0.25, 0.3) is 0 Å². The first-order chi connectivity index (χ1) is 9.52. The molecule has 0 spiro atoms. The third kappa shape index (κ3) is 3.57. The molecule has 0 saturated carbocycles. The molecule has 1 nitrogen and oxygen atoms in total. The van der Waals surface area contributed by atoms with Gasteiger partial charge in [-0.05, 0) is 64.7 Å². The lowest BCUT2D eigenvalue weighted by Gasteiger charge is -2.14. The van der Waals surface area contributed by atoms with Crippen LogP contribution in [0.3, 0.4) is 0 Å². The Balaban J connectivity index is 2.30. The molecule has 1 atom stereocenters. The van der Waals surface area contributed by atoms with Gasteiger partial charge in [0.2, 0.25) is 0 Å². The standard InChI is InChI=1S/C16H15Br2ClO/c1-3-20-15-7-6-11(8-13(15)17)16(18)12-5-4-10(2)14(19)9-12/h4-9,16H,3H2,1-2H3. The fourth-order valence-electron chi connectivity index (χ4n) is 1.91. The number of hydrogen-bond acceptors (Lipinski definition) is 1. The lowest BCUT2D eigenvalue weighted by Crippen LogP contribution is -1.96. The van der Waals surface area contributed by atoms with Gasteiger partial charge in [-0.3, -0.25) is 0 Å². The molecule has 0 aromatic heterocycles. The van der Waals surface area contributed by atoms with E-state index in [1.54, 1.807) is 0 Å². The van der Waals surface area contributed by atoms with Crippen molar-refractivity contribution in [3.05, 3.63) is 62.6 Å². The van der Waals surface area contributed by atoms with Crippen LogP contribution in [-0.4, -0.2) is 6.61 Å². The highest BCUT2D eigenvalue weighted by Gasteiger charge is 2.13. The van der Waals surface area contributed by atoms with E-state index in [1.165, 1.54) is 0 Å². The van der Waals surface area contributed by atoms with E-state index in [1.807, 2.05) is 32.0 Å². The summed E-state index contributed by atoms with van der Waals surface area (Å²) in [6, 6.07) is 12.2. The first-order valence-corrected chi connectivity index (χ1v) is 8.44. The van der Waals surface area contributed by atoms with Crippen molar-refractivity contribution in [1.29, 1.82) is 0 Å². The molecule has 0 aliphatic rings. The van der Waals surface area contributed by atoms with E-state index in [-0.39, 0.29) is 4.83 Å². The van der Waals surface area contributed by atoms with Crippen LogP contribution in [0, 0.1) is 6.92 Å². The van der Waals surface area contributed by atoms with Crippen LogP contribution in [0.25, 0.3) is 0 Å². The molecule has 4 heteroatoms. The van der Waals surface area contributed by atoms with Gasteiger partial charge in [-0.2, -0.15) is 0 Å². The normalized spacial score (nSPS) is 12.2. The molecule has 0 aliphatic carbocycles. The van der Waals surface area contributed by atoms with Gasteiger partial charge in [0.15, 0.2) is 0 Å². The summed E-state index contributed by atoms with van der Waals surface area (Å²) in [6.07, 6.45) is 0. The van der Waals surface area contributed by atoms with Gasteiger partial charge in [-0.1, -0.05) is 45.7 Å². The molecule has 2 aromatic carbocycles. The molecular weight excluding hydrogens is 403 g/mol. The molecule has 0 saturated heterocycles. The van der Waals surface area contributed by atoms with Crippen LogP contribution >= 0.6 is 43.5 Å². The minimum atomic E-state index is 0.104. The molecule has 0 N–H and O–H groups in total. The molecule has 0 amide bonds. The average molecular weight is 419 g/mol. The Morgan fingerprint density at radius 1 is 1.15 bits per heavy atom. The van der Waals surface area contributed by atoms with Gasteiger partial charge >= 0.3 is 0 Å². The molecule has 0 fully saturated rings. The van der Waals surface area contributed by atoms with Crippen LogP contribution < -0.4 is 4.74 Å². The van der Waals surface area contributed by atoms with E-state index in [0.29, 0.717) is 6.61 Å². The summed E-state index contributed by atoms with van der Waals surface area (Å²) in [5.74, 6) is 0.859. The molecule has 2 aromatic rings. The van der Waals surface area contributed by atoms with Gasteiger partial charge in [0.1, 0.15) is 5.75 Å². The van der Waals surface area contributed by atoms with Crippen LogP contribution in [0.2, 0.25) is 5.02 Å². The van der Waals surface area contributed by atoms with Gasteiger partial charge in [0, 0.05) is 5.02 Å². The maximum Gasteiger partial charge on any atom is 0.133 e. The Kier molecular flexibility index (Phi) is 5.53. The third-order valence-corrected chi connectivity index (χ3v) is 5.12. The highest BCUT2D eigenvalue weighted by Crippen LogP contribution is 2.36. The predicted octanol–water partition coefficient (Wildman–Crippen LogP) is 6.29. The summed E-state index contributed by atoms with van der Waals surface area (Å²) >= 11 is 13.5. The quantitative estimate of drug-likeness (QED) is 0.530. The van der Waals surface area contributed by atoms with Gasteiger partial charge < -0.3 is 4.74 Å². The maximum absolute atomic E-state index is 6.19. The van der Waals surface area contributed by atoms with Crippen molar-refractivity contribution in [3.8, 4) is 5.75 Å². The zero-order valence-electron chi connectivity index (χ0n) is 11.3. The van der Waals surface area contributed by atoms with Gasteiger partial charge in [-0.15, -0.1) is 0 Å². The van der Waals surface area contributed by atoms with E-state index in [4.69, 9.17) is 16.3 Å². The van der Waals surface area contributed by atoms with E-state index < -0.39 is 0 Å². The largest absolute Gasteiger partial charge is 0.493 e. The molecule has 2 rings (SSSR count). The lowest BCUT2D eigenvalue weighted by atomic mass is 10.0. The molecular formula is C16H15Br2ClO. The second-order valence-corrected chi connectivity index (χ2v) is 6.67. The summed E-state index contributed by atoms with van der Waals surface area (Å²) in [4.78, 5) is 0.104. The van der Waals surface area contributed by atoms with Crippen molar-refractivity contribution >= 4 is 43.5 Å². The lowest BCUT2D eigenvalue weighted by molar-refractivity contribution is 0.338. The fraction of sp³-hybridized carbons (Fsp3) is 0.250. The van der Waals surface area contributed by atoms with Crippen molar-refractivity contribution in [2.75, 3.05) is 6.61 Å². The van der Waals surface area contributed by atoms with E-state index in [9.17, 15) is 0 Å². The van der Waals surface area contributed by atoms with Crippen LogP contribution in [0.4, 0.5) is 0 Å². The van der Waals surface area contributed by atoms with Crippen molar-refractivity contribution in [3.63, 3.8) is 0 Å². The van der Waals surface area contributed by atoms with Crippen molar-refractivity contribution < 1.29 is 4.74 Å². The van der Waals surface area contributed by atoms with E-state index in [2.05, 4.69) is 50.1 Å². The Hall–Kier alpha value is -0.510. The summed E-state index contributed by atoms with van der Waals surface area (Å²) in [5.41, 5.74) is 3.37. The number of alkyl halides is 1. The van der Waals surface area contributed by atoms with Crippen molar-refractivity contribution in [1.82, 2.24) is 0 Å². The Labute approximate surface area is 141 Å². The second kappa shape index (κ2) is 6.97. The number of rotatable bonds is 4. The number of ether oxygens (including phenoxy) is 1. The minimum absolute atomic E-state index is 0.104. The van der Waals surface area contributed by atoms with Crippen LogP contribution in [0.5, 0.6) is 5.75 Å². The molecule has 0 aliphatic heterocycles. The molecule has 20 heavy (non-hydrogen) atoms.